The minimum absolute atomic E-state index is 0.0750. The minimum atomic E-state index is -1.15. The zero-order chi connectivity index (χ0) is 14.9. The first-order chi connectivity index (χ1) is 9.45. The summed E-state index contributed by atoms with van der Waals surface area (Å²) in [6.07, 6.45) is 0. The molecule has 0 fully saturated rings. The first-order valence-electron chi connectivity index (χ1n) is 6.13. The maximum Gasteiger partial charge on any atom is 0.335 e. The molecule has 104 valence electrons. The number of carboxylic acid groups (broad SMARTS) is 1. The second-order valence-electron chi connectivity index (χ2n) is 4.59. The highest BCUT2D eigenvalue weighted by molar-refractivity contribution is 5.88. The Hall–Kier alpha value is -2.36. The number of carbonyl (C=O) groups is 1. The summed E-state index contributed by atoms with van der Waals surface area (Å²) < 4.78 is 19.5. The molecule has 0 aromatic heterocycles. The number of methoxy groups -OCH3 is 1. The molecule has 1 N–H and O–H groups in total. The van der Waals surface area contributed by atoms with Crippen LogP contribution in [-0.2, 0) is 0 Å². The summed E-state index contributed by atoms with van der Waals surface area (Å²) in [6, 6.07) is 7.53. The van der Waals surface area contributed by atoms with Crippen molar-refractivity contribution in [2.45, 2.75) is 13.8 Å². The number of ether oxygens (including phenoxy) is 1. The van der Waals surface area contributed by atoms with Gasteiger partial charge >= 0.3 is 5.97 Å². The van der Waals surface area contributed by atoms with Crippen LogP contribution in [0.2, 0.25) is 0 Å². The van der Waals surface area contributed by atoms with E-state index in [1.165, 1.54) is 19.2 Å². The summed E-state index contributed by atoms with van der Waals surface area (Å²) in [6.45, 7) is 3.85. The van der Waals surface area contributed by atoms with Crippen LogP contribution in [0.3, 0.4) is 0 Å². The highest BCUT2D eigenvalue weighted by Gasteiger charge is 2.15. The van der Waals surface area contributed by atoms with Crippen molar-refractivity contribution in [2.24, 2.45) is 0 Å². The van der Waals surface area contributed by atoms with Gasteiger partial charge < -0.3 is 9.84 Å². The van der Waals surface area contributed by atoms with Gasteiger partial charge in [0.15, 0.2) is 0 Å². The second-order valence-corrected chi connectivity index (χ2v) is 4.59. The molecule has 2 aromatic rings. The molecule has 2 rings (SSSR count). The lowest BCUT2D eigenvalue weighted by Gasteiger charge is -2.14. The molecule has 20 heavy (non-hydrogen) atoms. The first-order valence-corrected chi connectivity index (χ1v) is 6.13. The van der Waals surface area contributed by atoms with Crippen LogP contribution in [-0.4, -0.2) is 18.2 Å². The predicted octanol–water partition coefficient (Wildman–Crippen LogP) is 3.82. The van der Waals surface area contributed by atoms with Crippen molar-refractivity contribution in [1.29, 1.82) is 0 Å². The van der Waals surface area contributed by atoms with E-state index in [0.717, 1.165) is 17.2 Å². The lowest BCUT2D eigenvalue weighted by molar-refractivity contribution is 0.0696. The fourth-order valence-corrected chi connectivity index (χ4v) is 2.13. The summed E-state index contributed by atoms with van der Waals surface area (Å²) >= 11 is 0. The topological polar surface area (TPSA) is 46.5 Å². The quantitative estimate of drug-likeness (QED) is 0.925. The maximum atomic E-state index is 14.1. The molecular weight excluding hydrogens is 259 g/mol. The average molecular weight is 274 g/mol. The fraction of sp³-hybridized carbons (Fsp3) is 0.188. The number of halogens is 1. The summed E-state index contributed by atoms with van der Waals surface area (Å²) in [5, 5.41) is 8.86. The molecule has 0 aliphatic heterocycles. The maximum absolute atomic E-state index is 14.1. The van der Waals surface area contributed by atoms with E-state index >= 15 is 0 Å². The lowest BCUT2D eigenvalue weighted by atomic mass is 9.97. The Morgan fingerprint density at radius 1 is 1.15 bits per heavy atom. The van der Waals surface area contributed by atoms with E-state index in [9.17, 15) is 9.18 Å². The molecule has 3 nitrogen and oxygen atoms in total. The van der Waals surface area contributed by atoms with Gasteiger partial charge in [0.2, 0.25) is 0 Å². The van der Waals surface area contributed by atoms with E-state index in [-0.39, 0.29) is 5.56 Å². The van der Waals surface area contributed by atoms with E-state index in [1.807, 2.05) is 19.9 Å². The Morgan fingerprint density at radius 3 is 2.35 bits per heavy atom. The van der Waals surface area contributed by atoms with Crippen LogP contribution in [0, 0.1) is 19.7 Å². The van der Waals surface area contributed by atoms with E-state index in [2.05, 4.69) is 0 Å². The first kappa shape index (κ1) is 14.1. The van der Waals surface area contributed by atoms with Crippen LogP contribution >= 0.6 is 0 Å². The number of carboxylic acids is 1. The molecule has 2 aromatic carbocycles. The van der Waals surface area contributed by atoms with Gasteiger partial charge in [-0.3, -0.25) is 0 Å². The minimum Gasteiger partial charge on any atom is -0.496 e. The summed E-state index contributed by atoms with van der Waals surface area (Å²) in [5.41, 5.74) is 2.86. The van der Waals surface area contributed by atoms with E-state index < -0.39 is 11.8 Å². The van der Waals surface area contributed by atoms with E-state index in [1.54, 1.807) is 6.07 Å². The SMILES string of the molecule is COc1c(-c2ccc(C(=O)O)cc2F)ccc(C)c1C. The Labute approximate surface area is 116 Å². The zero-order valence-electron chi connectivity index (χ0n) is 11.5. The number of benzene rings is 2. The molecule has 0 aliphatic rings. The van der Waals surface area contributed by atoms with Crippen molar-refractivity contribution in [1.82, 2.24) is 0 Å². The number of aryl methyl sites for hydroxylation is 1. The third-order valence-corrected chi connectivity index (χ3v) is 3.39. The smallest absolute Gasteiger partial charge is 0.335 e. The van der Waals surface area contributed by atoms with Crippen LogP contribution in [0.15, 0.2) is 30.3 Å². The third kappa shape index (κ3) is 2.37. The highest BCUT2D eigenvalue weighted by Crippen LogP contribution is 2.36. The second kappa shape index (κ2) is 5.33. The number of hydrogen-bond acceptors (Lipinski definition) is 2. The molecule has 0 saturated heterocycles. The molecule has 4 heteroatoms. The average Bonchev–Trinajstić information content (AvgIpc) is 2.41. The monoisotopic (exact) mass is 274 g/mol. The number of aromatic carboxylic acids is 1. The van der Waals surface area contributed by atoms with Crippen molar-refractivity contribution in [3.05, 3.63) is 52.8 Å². The van der Waals surface area contributed by atoms with Gasteiger partial charge in [0, 0.05) is 11.1 Å². The van der Waals surface area contributed by atoms with Gasteiger partial charge in [-0.1, -0.05) is 18.2 Å². The normalized spacial score (nSPS) is 10.4. The largest absolute Gasteiger partial charge is 0.496 e. The van der Waals surface area contributed by atoms with Crippen molar-refractivity contribution >= 4 is 5.97 Å². The molecular formula is C16H15FO3. The van der Waals surface area contributed by atoms with Crippen molar-refractivity contribution in [2.75, 3.05) is 7.11 Å². The molecule has 0 heterocycles. The molecule has 0 unspecified atom stereocenters. The lowest BCUT2D eigenvalue weighted by Crippen LogP contribution is -1.99. The molecule has 0 radical (unpaired) electrons. The van der Waals surface area contributed by atoms with Crippen LogP contribution in [0.5, 0.6) is 5.75 Å². The highest BCUT2D eigenvalue weighted by atomic mass is 19.1. The van der Waals surface area contributed by atoms with Crippen LogP contribution in [0.25, 0.3) is 11.1 Å². The summed E-state index contributed by atoms with van der Waals surface area (Å²) in [4.78, 5) is 10.8. The Kier molecular flexibility index (Phi) is 3.74. The van der Waals surface area contributed by atoms with Gasteiger partial charge in [-0.2, -0.15) is 0 Å². The molecule has 0 bridgehead atoms. The Morgan fingerprint density at radius 2 is 1.80 bits per heavy atom. The number of hydrogen-bond donors (Lipinski definition) is 1. The van der Waals surface area contributed by atoms with Crippen molar-refractivity contribution in [3.8, 4) is 16.9 Å². The summed E-state index contributed by atoms with van der Waals surface area (Å²) in [5.74, 6) is -1.12. The molecule has 0 amide bonds. The van der Waals surface area contributed by atoms with Gasteiger partial charge in [0.1, 0.15) is 11.6 Å². The molecule has 0 atom stereocenters. The zero-order valence-corrected chi connectivity index (χ0v) is 11.5. The Bertz CT molecular complexity index is 678. The molecule has 0 saturated carbocycles. The Balaban J connectivity index is 2.63. The van der Waals surface area contributed by atoms with Crippen molar-refractivity contribution < 1.29 is 19.0 Å². The van der Waals surface area contributed by atoms with Gasteiger partial charge in [-0.25, -0.2) is 9.18 Å². The van der Waals surface area contributed by atoms with E-state index in [0.29, 0.717) is 16.9 Å². The van der Waals surface area contributed by atoms with Gasteiger partial charge in [-0.15, -0.1) is 0 Å². The predicted molar refractivity (Wildman–Crippen MR) is 74.8 cm³/mol. The molecule has 0 aliphatic carbocycles. The fourth-order valence-electron chi connectivity index (χ4n) is 2.13. The van der Waals surface area contributed by atoms with E-state index in [4.69, 9.17) is 9.84 Å². The van der Waals surface area contributed by atoms with Gasteiger partial charge in [0.05, 0.1) is 12.7 Å². The van der Waals surface area contributed by atoms with Gasteiger partial charge in [-0.05, 0) is 37.1 Å². The van der Waals surface area contributed by atoms with Gasteiger partial charge in [0.25, 0.3) is 0 Å². The summed E-state index contributed by atoms with van der Waals surface area (Å²) in [7, 11) is 1.54. The van der Waals surface area contributed by atoms with Crippen LogP contribution in [0.4, 0.5) is 4.39 Å². The van der Waals surface area contributed by atoms with Crippen molar-refractivity contribution in [3.63, 3.8) is 0 Å². The third-order valence-electron chi connectivity index (χ3n) is 3.39. The number of rotatable bonds is 3. The molecule has 0 spiro atoms. The van der Waals surface area contributed by atoms with Crippen LogP contribution in [0.1, 0.15) is 21.5 Å². The van der Waals surface area contributed by atoms with Crippen LogP contribution < -0.4 is 4.74 Å². The standard InChI is InChI=1S/C16H15FO3/c1-9-4-6-13(15(20-3)10(9)2)12-7-5-11(16(18)19)8-14(12)17/h4-8H,1-3H3,(H,18,19).